The Morgan fingerprint density at radius 2 is 2.06 bits per heavy atom. The topological polar surface area (TPSA) is 38.7 Å². The van der Waals surface area contributed by atoms with Crippen LogP contribution >= 0.6 is 15.9 Å². The molecule has 1 rings (SSSR count). The van der Waals surface area contributed by atoms with E-state index in [1.807, 2.05) is 25.1 Å². The fourth-order valence-corrected chi connectivity index (χ4v) is 2.04. The summed E-state index contributed by atoms with van der Waals surface area (Å²) in [5, 5.41) is 10.0. The molecule has 0 fully saturated rings. The summed E-state index contributed by atoms with van der Waals surface area (Å²) < 4.78 is 11.2. The van der Waals surface area contributed by atoms with Crippen LogP contribution in [0, 0.1) is 5.92 Å². The average Bonchev–Trinajstić information content (AvgIpc) is 2.32. The van der Waals surface area contributed by atoms with Crippen molar-refractivity contribution < 1.29 is 14.6 Å². The van der Waals surface area contributed by atoms with Crippen LogP contribution in [0.4, 0.5) is 0 Å². The zero-order valence-corrected chi connectivity index (χ0v) is 12.0. The Balaban J connectivity index is 2.73. The van der Waals surface area contributed by atoms with Gasteiger partial charge in [0.1, 0.15) is 5.75 Å². The SMILES string of the molecule is COCC(C)C(O)Cc1cc(OC)ccc1Br. The van der Waals surface area contributed by atoms with Gasteiger partial charge in [-0.25, -0.2) is 0 Å². The van der Waals surface area contributed by atoms with Crippen molar-refractivity contribution in [2.75, 3.05) is 20.8 Å². The summed E-state index contributed by atoms with van der Waals surface area (Å²) >= 11 is 3.48. The lowest BCUT2D eigenvalue weighted by Gasteiger charge is -2.19. The van der Waals surface area contributed by atoms with Crippen molar-refractivity contribution in [3.8, 4) is 5.75 Å². The molecule has 0 aliphatic heterocycles. The Labute approximate surface area is 111 Å². The van der Waals surface area contributed by atoms with Crippen LogP contribution in [0.5, 0.6) is 5.75 Å². The van der Waals surface area contributed by atoms with E-state index in [-0.39, 0.29) is 5.92 Å². The van der Waals surface area contributed by atoms with Crippen LogP contribution < -0.4 is 4.74 Å². The summed E-state index contributed by atoms with van der Waals surface area (Å²) in [4.78, 5) is 0. The highest BCUT2D eigenvalue weighted by atomic mass is 79.9. The molecular formula is C13H19BrO3. The minimum atomic E-state index is -0.418. The zero-order valence-electron chi connectivity index (χ0n) is 10.4. The van der Waals surface area contributed by atoms with Gasteiger partial charge in [0, 0.05) is 17.5 Å². The molecule has 0 amide bonds. The molecule has 2 unspecified atom stereocenters. The average molecular weight is 303 g/mol. The van der Waals surface area contributed by atoms with Gasteiger partial charge >= 0.3 is 0 Å². The van der Waals surface area contributed by atoms with E-state index in [2.05, 4.69) is 15.9 Å². The third kappa shape index (κ3) is 4.30. The van der Waals surface area contributed by atoms with Gasteiger partial charge in [0.05, 0.1) is 19.8 Å². The molecule has 0 saturated carbocycles. The predicted octanol–water partition coefficient (Wildman–Crippen LogP) is 2.64. The van der Waals surface area contributed by atoms with Crippen LogP contribution in [0.15, 0.2) is 22.7 Å². The highest BCUT2D eigenvalue weighted by Crippen LogP contribution is 2.24. The molecule has 0 aliphatic carbocycles. The highest BCUT2D eigenvalue weighted by Gasteiger charge is 2.16. The molecule has 0 radical (unpaired) electrons. The Hall–Kier alpha value is -0.580. The number of rotatable bonds is 6. The molecule has 3 nitrogen and oxygen atoms in total. The maximum atomic E-state index is 10.0. The van der Waals surface area contributed by atoms with E-state index in [1.54, 1.807) is 14.2 Å². The van der Waals surface area contributed by atoms with Gasteiger partial charge in [-0.1, -0.05) is 22.9 Å². The third-order valence-corrected chi connectivity index (χ3v) is 3.54. The number of methoxy groups -OCH3 is 2. The lowest BCUT2D eigenvalue weighted by atomic mass is 9.98. The van der Waals surface area contributed by atoms with Gasteiger partial charge in [0.25, 0.3) is 0 Å². The van der Waals surface area contributed by atoms with Crippen molar-refractivity contribution in [1.29, 1.82) is 0 Å². The largest absolute Gasteiger partial charge is 0.497 e. The zero-order chi connectivity index (χ0) is 12.8. The van der Waals surface area contributed by atoms with Crippen LogP contribution in [0.3, 0.4) is 0 Å². The van der Waals surface area contributed by atoms with Crippen LogP contribution in [-0.2, 0) is 11.2 Å². The van der Waals surface area contributed by atoms with Gasteiger partial charge < -0.3 is 14.6 Å². The smallest absolute Gasteiger partial charge is 0.119 e. The first kappa shape index (κ1) is 14.5. The van der Waals surface area contributed by atoms with Gasteiger partial charge in [-0.05, 0) is 30.2 Å². The second kappa shape index (κ2) is 6.99. The summed E-state index contributed by atoms with van der Waals surface area (Å²) in [6, 6.07) is 5.76. The Kier molecular flexibility index (Phi) is 5.95. The van der Waals surface area contributed by atoms with Crippen molar-refractivity contribution in [1.82, 2.24) is 0 Å². The monoisotopic (exact) mass is 302 g/mol. The molecular weight excluding hydrogens is 284 g/mol. The summed E-state index contributed by atoms with van der Waals surface area (Å²) in [5.41, 5.74) is 1.04. The third-order valence-electron chi connectivity index (χ3n) is 2.77. The fourth-order valence-electron chi connectivity index (χ4n) is 1.63. The van der Waals surface area contributed by atoms with Crippen molar-refractivity contribution in [3.63, 3.8) is 0 Å². The minimum Gasteiger partial charge on any atom is -0.497 e. The molecule has 0 bridgehead atoms. The van der Waals surface area contributed by atoms with E-state index in [4.69, 9.17) is 9.47 Å². The second-order valence-electron chi connectivity index (χ2n) is 4.16. The number of aliphatic hydroxyl groups excluding tert-OH is 1. The molecule has 0 aliphatic rings. The first-order chi connectivity index (χ1) is 8.08. The summed E-state index contributed by atoms with van der Waals surface area (Å²) in [6.07, 6.45) is 0.167. The minimum absolute atomic E-state index is 0.109. The van der Waals surface area contributed by atoms with Gasteiger partial charge in [0.2, 0.25) is 0 Å². The molecule has 0 spiro atoms. The molecule has 1 N–H and O–H groups in total. The molecule has 1 aromatic rings. The number of hydrogen-bond acceptors (Lipinski definition) is 3. The van der Waals surface area contributed by atoms with Crippen LogP contribution in [0.1, 0.15) is 12.5 Å². The maximum Gasteiger partial charge on any atom is 0.119 e. The van der Waals surface area contributed by atoms with E-state index in [0.29, 0.717) is 13.0 Å². The van der Waals surface area contributed by atoms with Crippen molar-refractivity contribution in [2.24, 2.45) is 5.92 Å². The summed E-state index contributed by atoms with van der Waals surface area (Å²) in [7, 11) is 3.28. The molecule has 17 heavy (non-hydrogen) atoms. The maximum absolute atomic E-state index is 10.0. The number of aliphatic hydroxyl groups is 1. The van der Waals surface area contributed by atoms with Crippen LogP contribution in [-0.4, -0.2) is 32.0 Å². The van der Waals surface area contributed by atoms with Crippen molar-refractivity contribution >= 4 is 15.9 Å². The number of ether oxygens (including phenoxy) is 2. The van der Waals surface area contributed by atoms with E-state index >= 15 is 0 Å². The normalized spacial score (nSPS) is 14.4. The molecule has 2 atom stereocenters. The van der Waals surface area contributed by atoms with Crippen LogP contribution in [0.2, 0.25) is 0 Å². The van der Waals surface area contributed by atoms with E-state index in [1.165, 1.54) is 0 Å². The Bertz CT molecular complexity index is 355. The van der Waals surface area contributed by atoms with Crippen LogP contribution in [0.25, 0.3) is 0 Å². The quantitative estimate of drug-likeness (QED) is 0.878. The van der Waals surface area contributed by atoms with Crippen molar-refractivity contribution in [2.45, 2.75) is 19.4 Å². The van der Waals surface area contributed by atoms with E-state index < -0.39 is 6.10 Å². The first-order valence-electron chi connectivity index (χ1n) is 5.58. The molecule has 0 saturated heterocycles. The molecule has 1 aromatic carbocycles. The second-order valence-corrected chi connectivity index (χ2v) is 5.02. The summed E-state index contributed by atoms with van der Waals surface area (Å²) in [6.45, 7) is 2.53. The van der Waals surface area contributed by atoms with Gasteiger partial charge in [-0.2, -0.15) is 0 Å². The van der Waals surface area contributed by atoms with Gasteiger partial charge in [0.15, 0.2) is 0 Å². The molecule has 0 heterocycles. The number of benzene rings is 1. The molecule has 0 aromatic heterocycles. The van der Waals surface area contributed by atoms with E-state index in [9.17, 15) is 5.11 Å². The standard InChI is InChI=1S/C13H19BrO3/c1-9(8-16-2)13(15)7-10-6-11(17-3)4-5-12(10)14/h4-6,9,13,15H,7-8H2,1-3H3. The molecule has 4 heteroatoms. The first-order valence-corrected chi connectivity index (χ1v) is 6.37. The fraction of sp³-hybridized carbons (Fsp3) is 0.538. The number of halogens is 1. The van der Waals surface area contributed by atoms with E-state index in [0.717, 1.165) is 15.8 Å². The lowest BCUT2D eigenvalue weighted by molar-refractivity contribution is 0.0574. The summed E-state index contributed by atoms with van der Waals surface area (Å²) in [5.74, 6) is 0.910. The molecule has 96 valence electrons. The van der Waals surface area contributed by atoms with Crippen molar-refractivity contribution in [3.05, 3.63) is 28.2 Å². The number of hydrogen-bond donors (Lipinski definition) is 1. The predicted molar refractivity (Wildman–Crippen MR) is 71.4 cm³/mol. The van der Waals surface area contributed by atoms with Gasteiger partial charge in [-0.15, -0.1) is 0 Å². The Morgan fingerprint density at radius 3 is 2.65 bits per heavy atom. The lowest BCUT2D eigenvalue weighted by Crippen LogP contribution is -2.24. The Morgan fingerprint density at radius 1 is 1.35 bits per heavy atom. The van der Waals surface area contributed by atoms with Gasteiger partial charge in [-0.3, -0.25) is 0 Å². The highest BCUT2D eigenvalue weighted by molar-refractivity contribution is 9.10.